The molecule has 4 aromatic carbocycles. The molecular weight excluding hydrogens is 524 g/mol. The number of carbonyl (C=O) groups is 1. The average molecular weight is 561 g/mol. The number of nitrogens with zero attached hydrogens (tertiary/aromatic N) is 2. The van der Waals surface area contributed by atoms with Gasteiger partial charge in [0.05, 0.1) is 6.61 Å². The third-order valence-electron chi connectivity index (χ3n) is 8.05. The predicted molar refractivity (Wildman–Crippen MR) is 164 cm³/mol. The predicted octanol–water partition coefficient (Wildman–Crippen LogP) is 6.37. The fourth-order valence-electron chi connectivity index (χ4n) is 5.93. The van der Waals surface area contributed by atoms with Crippen LogP contribution in [0.1, 0.15) is 48.1 Å². The molecule has 1 N–H and O–H groups in total. The number of ether oxygens (including phenoxy) is 2. The Hall–Kier alpha value is -4.42. The summed E-state index contributed by atoms with van der Waals surface area (Å²) < 4.78 is 12.4. The molecule has 214 valence electrons. The van der Waals surface area contributed by atoms with Crippen molar-refractivity contribution in [2.45, 2.75) is 44.4 Å². The van der Waals surface area contributed by atoms with E-state index in [4.69, 9.17) is 19.6 Å². The zero-order valence-electron chi connectivity index (χ0n) is 23.9. The molecule has 0 saturated heterocycles. The maximum absolute atomic E-state index is 14.6. The van der Waals surface area contributed by atoms with Crippen LogP contribution in [0.15, 0.2) is 108 Å². The quantitative estimate of drug-likeness (QED) is 0.242. The van der Waals surface area contributed by atoms with Gasteiger partial charge in [-0.2, -0.15) is 0 Å². The molecule has 0 fully saturated rings. The Labute approximate surface area is 247 Å². The van der Waals surface area contributed by atoms with Gasteiger partial charge in [0.25, 0.3) is 5.91 Å². The van der Waals surface area contributed by atoms with Crippen molar-refractivity contribution in [2.24, 2.45) is 4.99 Å². The lowest BCUT2D eigenvalue weighted by molar-refractivity contribution is -0.140. The van der Waals surface area contributed by atoms with Crippen molar-refractivity contribution in [3.8, 4) is 16.9 Å². The van der Waals surface area contributed by atoms with E-state index in [1.54, 1.807) is 0 Å². The Morgan fingerprint density at radius 2 is 1.55 bits per heavy atom. The van der Waals surface area contributed by atoms with Crippen LogP contribution in [0.3, 0.4) is 0 Å². The van der Waals surface area contributed by atoms with Gasteiger partial charge < -0.3 is 19.5 Å². The molecule has 1 amide bonds. The molecule has 4 aromatic rings. The molecule has 0 bridgehead atoms. The first-order valence-electron chi connectivity index (χ1n) is 14.7. The Morgan fingerprint density at radius 1 is 0.881 bits per heavy atom. The Morgan fingerprint density at radius 3 is 2.26 bits per heavy atom. The summed E-state index contributed by atoms with van der Waals surface area (Å²) in [5.74, 6) is 1.16. The van der Waals surface area contributed by atoms with E-state index < -0.39 is 11.6 Å². The maximum Gasteiger partial charge on any atom is 0.255 e. The first-order valence-corrected chi connectivity index (χ1v) is 14.7. The van der Waals surface area contributed by atoms with Gasteiger partial charge in [0.15, 0.2) is 11.6 Å². The van der Waals surface area contributed by atoms with Crippen LogP contribution in [0.2, 0.25) is 0 Å². The van der Waals surface area contributed by atoms with Crippen LogP contribution in [0.4, 0.5) is 0 Å². The summed E-state index contributed by atoms with van der Waals surface area (Å²) in [4.78, 5) is 21.7. The highest BCUT2D eigenvalue weighted by Crippen LogP contribution is 2.45. The number of amides is 1. The van der Waals surface area contributed by atoms with Crippen LogP contribution < -0.4 is 4.74 Å². The summed E-state index contributed by atoms with van der Waals surface area (Å²) in [5, 5.41) is 9.06. The van der Waals surface area contributed by atoms with E-state index in [9.17, 15) is 4.79 Å². The molecule has 0 aliphatic carbocycles. The van der Waals surface area contributed by atoms with Crippen molar-refractivity contribution in [1.29, 1.82) is 0 Å². The first-order chi connectivity index (χ1) is 20.6. The van der Waals surface area contributed by atoms with Crippen molar-refractivity contribution >= 4 is 11.8 Å². The second-order valence-electron chi connectivity index (χ2n) is 10.9. The highest BCUT2D eigenvalue weighted by Gasteiger charge is 2.55. The molecule has 2 aliphatic rings. The molecule has 6 nitrogen and oxygen atoms in total. The van der Waals surface area contributed by atoms with Crippen molar-refractivity contribution in [1.82, 2.24) is 4.90 Å². The molecule has 6 rings (SSSR count). The topological polar surface area (TPSA) is 71.4 Å². The summed E-state index contributed by atoms with van der Waals surface area (Å²) in [5.41, 5.74) is 5.09. The van der Waals surface area contributed by atoms with Crippen molar-refractivity contribution in [2.75, 3.05) is 19.8 Å². The van der Waals surface area contributed by atoms with Crippen LogP contribution in [0.25, 0.3) is 11.1 Å². The zero-order chi connectivity index (χ0) is 28.9. The van der Waals surface area contributed by atoms with E-state index >= 15 is 0 Å². The third-order valence-corrected chi connectivity index (χ3v) is 8.05. The molecule has 6 heteroatoms. The molecule has 2 aliphatic heterocycles. The molecule has 2 heterocycles. The first kappa shape index (κ1) is 27.7. The lowest BCUT2D eigenvalue weighted by Gasteiger charge is -2.33. The summed E-state index contributed by atoms with van der Waals surface area (Å²) in [6.07, 6.45) is 1.30. The molecule has 2 atom stereocenters. The number of aliphatic hydroxyl groups is 1. The lowest BCUT2D eigenvalue weighted by atomic mass is 9.81. The van der Waals surface area contributed by atoms with Gasteiger partial charge in [-0.15, -0.1) is 0 Å². The van der Waals surface area contributed by atoms with Gasteiger partial charge in [-0.1, -0.05) is 85.8 Å². The summed E-state index contributed by atoms with van der Waals surface area (Å²) in [6, 6.07) is 34.5. The van der Waals surface area contributed by atoms with Crippen LogP contribution in [0, 0.1) is 0 Å². The number of carbonyl (C=O) groups excluding carboxylic acids is 1. The molecule has 1 spiro atoms. The third kappa shape index (κ3) is 5.42. The van der Waals surface area contributed by atoms with E-state index in [-0.39, 0.29) is 12.5 Å². The molecule has 0 saturated carbocycles. The minimum atomic E-state index is -1.14. The second kappa shape index (κ2) is 12.2. The zero-order valence-corrected chi connectivity index (χ0v) is 23.9. The van der Waals surface area contributed by atoms with E-state index in [0.29, 0.717) is 44.2 Å². The van der Waals surface area contributed by atoms with Gasteiger partial charge in [0, 0.05) is 38.1 Å². The van der Waals surface area contributed by atoms with E-state index in [1.807, 2.05) is 59.5 Å². The number of benzene rings is 4. The van der Waals surface area contributed by atoms with Crippen molar-refractivity contribution < 1.29 is 19.4 Å². The molecule has 0 radical (unpaired) electrons. The van der Waals surface area contributed by atoms with Gasteiger partial charge in [0.2, 0.25) is 5.90 Å². The largest absolute Gasteiger partial charge is 0.494 e. The number of fused-ring (bicyclic) bond motifs is 1. The lowest BCUT2D eigenvalue weighted by Crippen LogP contribution is -2.50. The number of rotatable bonds is 9. The Kier molecular flexibility index (Phi) is 8.06. The van der Waals surface area contributed by atoms with Gasteiger partial charge in [0.1, 0.15) is 5.75 Å². The second-order valence-corrected chi connectivity index (χ2v) is 10.9. The van der Waals surface area contributed by atoms with Crippen LogP contribution in [-0.4, -0.2) is 47.1 Å². The number of hydrogen-bond acceptors (Lipinski definition) is 5. The maximum atomic E-state index is 14.6. The van der Waals surface area contributed by atoms with Gasteiger partial charge >= 0.3 is 0 Å². The Bertz CT molecular complexity index is 1550. The van der Waals surface area contributed by atoms with Crippen molar-refractivity contribution in [3.63, 3.8) is 0 Å². The summed E-state index contributed by atoms with van der Waals surface area (Å²) in [7, 11) is 0. The minimum absolute atomic E-state index is 0.00311. The summed E-state index contributed by atoms with van der Waals surface area (Å²) >= 11 is 0. The molecular formula is C36H36N2O4. The smallest absolute Gasteiger partial charge is 0.255 e. The van der Waals surface area contributed by atoms with E-state index in [1.165, 1.54) is 0 Å². The van der Waals surface area contributed by atoms with Crippen molar-refractivity contribution in [3.05, 3.63) is 125 Å². The Balaban J connectivity index is 1.42. The number of aliphatic hydroxyl groups excluding tert-OH is 1. The molecule has 0 aromatic heterocycles. The number of hydrogen-bond donors (Lipinski definition) is 1. The standard InChI is InChI=1S/C36H36N2O4/c1-2-21-38-25-31-12-7-6-11-30(31)24-36(35(38)40)33(28-15-13-27(14-16-28)26-9-4-3-5-10-26)42-34(37-36)29-17-19-32(20-18-29)41-23-8-22-39/h3-7,9-20,33,39H,2,8,21-25H2,1H3/t33-,36-/m0/s1. The monoisotopic (exact) mass is 560 g/mol. The molecule has 42 heavy (non-hydrogen) atoms. The van der Waals surface area contributed by atoms with Crippen LogP contribution >= 0.6 is 0 Å². The highest BCUT2D eigenvalue weighted by atomic mass is 16.5. The van der Waals surface area contributed by atoms with Crippen LogP contribution in [-0.2, 0) is 22.5 Å². The average Bonchev–Trinajstić information content (AvgIpc) is 3.37. The fourth-order valence-corrected chi connectivity index (χ4v) is 5.93. The summed E-state index contributed by atoms with van der Waals surface area (Å²) in [6.45, 7) is 3.85. The SMILES string of the molecule is CCCN1Cc2ccccc2C[C@@]2(N=C(c3ccc(OCCCO)cc3)O[C@H]2c2ccc(-c3ccccc3)cc2)C1=O. The fraction of sp³-hybridized carbons (Fsp3) is 0.278. The van der Waals surface area contributed by atoms with Gasteiger partial charge in [-0.3, -0.25) is 4.79 Å². The normalized spacial score (nSPS) is 19.7. The van der Waals surface area contributed by atoms with E-state index in [2.05, 4.69) is 55.5 Å². The van der Waals surface area contributed by atoms with Crippen LogP contribution in [0.5, 0.6) is 5.75 Å². The minimum Gasteiger partial charge on any atom is -0.494 e. The number of aliphatic imine (C=N–C) groups is 1. The van der Waals surface area contributed by atoms with Gasteiger partial charge in [-0.05, 0) is 58.5 Å². The van der Waals surface area contributed by atoms with Gasteiger partial charge in [-0.25, -0.2) is 4.99 Å². The van der Waals surface area contributed by atoms with E-state index in [0.717, 1.165) is 39.8 Å². The molecule has 0 unspecified atom stereocenters. The highest BCUT2D eigenvalue weighted by molar-refractivity contribution is 6.01.